The maximum atomic E-state index is 11.3. The van der Waals surface area contributed by atoms with E-state index in [1.807, 2.05) is 6.92 Å². The standard InChI is InChI=1S/C9H10O4S.C2H4O2/c1-7-3-5-9(6-4-7)14(11,12)13-8(2)10;1-2(3)4/h3-6H,1-2H3;1H3,(H,3,4). The first-order valence-electron chi connectivity index (χ1n) is 4.86. The van der Waals surface area contributed by atoms with Gasteiger partial charge in [-0.2, -0.15) is 8.42 Å². The first-order chi connectivity index (χ1) is 8.15. The molecule has 18 heavy (non-hydrogen) atoms. The predicted molar refractivity (Wildman–Crippen MR) is 63.4 cm³/mol. The Morgan fingerprint density at radius 2 is 1.50 bits per heavy atom. The summed E-state index contributed by atoms with van der Waals surface area (Å²) in [6.07, 6.45) is 0. The van der Waals surface area contributed by atoms with Crippen LogP contribution in [0.15, 0.2) is 29.2 Å². The highest BCUT2D eigenvalue weighted by molar-refractivity contribution is 7.87. The van der Waals surface area contributed by atoms with Crippen LogP contribution in [-0.2, 0) is 23.9 Å². The zero-order valence-electron chi connectivity index (χ0n) is 10.2. The Morgan fingerprint density at radius 1 is 1.11 bits per heavy atom. The maximum absolute atomic E-state index is 11.3. The van der Waals surface area contributed by atoms with E-state index in [0.29, 0.717) is 0 Å². The van der Waals surface area contributed by atoms with Crippen LogP contribution in [0.25, 0.3) is 0 Å². The van der Waals surface area contributed by atoms with Gasteiger partial charge in [-0.25, -0.2) is 0 Å². The molecule has 0 spiro atoms. The third kappa shape index (κ3) is 6.64. The molecule has 0 bridgehead atoms. The van der Waals surface area contributed by atoms with E-state index in [2.05, 4.69) is 4.18 Å². The van der Waals surface area contributed by atoms with Crippen LogP contribution in [0.2, 0.25) is 0 Å². The Labute approximate surface area is 105 Å². The SMILES string of the molecule is CC(=O)O.CC(=O)OS(=O)(=O)c1ccc(C)cc1. The molecule has 0 aromatic heterocycles. The lowest BCUT2D eigenvalue weighted by Crippen LogP contribution is -2.10. The molecule has 100 valence electrons. The average Bonchev–Trinajstić information content (AvgIpc) is 2.15. The number of aliphatic carboxylic acids is 1. The van der Waals surface area contributed by atoms with Gasteiger partial charge >= 0.3 is 16.1 Å². The zero-order valence-corrected chi connectivity index (χ0v) is 11.0. The van der Waals surface area contributed by atoms with Gasteiger partial charge < -0.3 is 9.29 Å². The number of benzene rings is 1. The number of hydrogen-bond acceptors (Lipinski definition) is 5. The number of carboxylic acid groups (broad SMARTS) is 1. The Morgan fingerprint density at radius 3 is 1.83 bits per heavy atom. The van der Waals surface area contributed by atoms with Crippen molar-refractivity contribution in [2.75, 3.05) is 0 Å². The topological polar surface area (TPSA) is 97.7 Å². The van der Waals surface area contributed by atoms with E-state index < -0.39 is 22.1 Å². The van der Waals surface area contributed by atoms with E-state index in [0.717, 1.165) is 19.4 Å². The van der Waals surface area contributed by atoms with Gasteiger partial charge in [0.25, 0.3) is 5.97 Å². The number of carboxylic acids is 1. The monoisotopic (exact) mass is 274 g/mol. The highest BCUT2D eigenvalue weighted by Gasteiger charge is 2.16. The third-order valence-electron chi connectivity index (χ3n) is 1.54. The van der Waals surface area contributed by atoms with Gasteiger partial charge in [-0.05, 0) is 19.1 Å². The number of carbonyl (C=O) groups is 2. The molecular weight excluding hydrogens is 260 g/mol. The van der Waals surface area contributed by atoms with E-state index in [9.17, 15) is 13.2 Å². The highest BCUT2D eigenvalue weighted by atomic mass is 32.2. The minimum Gasteiger partial charge on any atom is -0.481 e. The summed E-state index contributed by atoms with van der Waals surface area (Å²) in [7, 11) is -3.93. The molecule has 0 aliphatic carbocycles. The van der Waals surface area contributed by atoms with E-state index >= 15 is 0 Å². The van der Waals surface area contributed by atoms with Crippen molar-refractivity contribution < 1.29 is 27.3 Å². The van der Waals surface area contributed by atoms with Crippen molar-refractivity contribution in [2.24, 2.45) is 0 Å². The van der Waals surface area contributed by atoms with Crippen LogP contribution < -0.4 is 0 Å². The molecule has 0 heterocycles. The van der Waals surface area contributed by atoms with Gasteiger partial charge in [-0.15, -0.1) is 0 Å². The van der Waals surface area contributed by atoms with Crippen molar-refractivity contribution in [1.82, 2.24) is 0 Å². The normalized spacial score (nSPS) is 9.94. The number of rotatable bonds is 2. The molecule has 1 aromatic rings. The summed E-state index contributed by atoms with van der Waals surface area (Å²) in [5.41, 5.74) is 0.937. The molecule has 0 saturated heterocycles. The van der Waals surface area contributed by atoms with Crippen LogP contribution >= 0.6 is 0 Å². The first kappa shape index (κ1) is 16.1. The van der Waals surface area contributed by atoms with Crippen LogP contribution in [0.4, 0.5) is 0 Å². The molecule has 0 amide bonds. The molecule has 0 atom stereocenters. The summed E-state index contributed by atoms with van der Waals surface area (Å²) in [5.74, 6) is -1.68. The van der Waals surface area contributed by atoms with E-state index in [4.69, 9.17) is 9.90 Å². The summed E-state index contributed by atoms with van der Waals surface area (Å²) in [6.45, 7) is 3.97. The Balaban J connectivity index is 0.000000631. The van der Waals surface area contributed by atoms with E-state index in [-0.39, 0.29) is 4.90 Å². The van der Waals surface area contributed by atoms with Crippen molar-refractivity contribution in [3.63, 3.8) is 0 Å². The Kier molecular flexibility index (Phi) is 6.04. The molecule has 0 fully saturated rings. The fourth-order valence-electron chi connectivity index (χ4n) is 0.908. The molecule has 1 aromatic carbocycles. The minimum absolute atomic E-state index is 0.0155. The predicted octanol–water partition coefficient (Wildman–Crippen LogP) is 1.34. The minimum atomic E-state index is -3.93. The van der Waals surface area contributed by atoms with Crippen molar-refractivity contribution in [1.29, 1.82) is 0 Å². The molecule has 1 N–H and O–H groups in total. The highest BCUT2D eigenvalue weighted by Crippen LogP contribution is 2.12. The fraction of sp³-hybridized carbons (Fsp3) is 0.273. The van der Waals surface area contributed by atoms with Gasteiger partial charge in [0.2, 0.25) is 0 Å². The van der Waals surface area contributed by atoms with Gasteiger partial charge in [0, 0.05) is 13.8 Å². The number of carbonyl (C=O) groups excluding carboxylic acids is 1. The third-order valence-corrected chi connectivity index (χ3v) is 2.84. The molecule has 0 unspecified atom stereocenters. The van der Waals surface area contributed by atoms with Gasteiger partial charge in [0.15, 0.2) is 0 Å². The molecule has 0 radical (unpaired) electrons. The van der Waals surface area contributed by atoms with Crippen molar-refractivity contribution in [3.05, 3.63) is 29.8 Å². The quantitative estimate of drug-likeness (QED) is 0.817. The Bertz CT molecular complexity index is 511. The van der Waals surface area contributed by atoms with E-state index in [1.165, 1.54) is 12.1 Å². The number of aryl methyl sites for hydroxylation is 1. The molecule has 0 aliphatic rings. The van der Waals surface area contributed by atoms with Crippen LogP contribution in [-0.4, -0.2) is 25.5 Å². The second-order valence-electron chi connectivity index (χ2n) is 3.36. The average molecular weight is 274 g/mol. The van der Waals surface area contributed by atoms with E-state index in [1.54, 1.807) is 12.1 Å². The first-order valence-corrected chi connectivity index (χ1v) is 6.27. The van der Waals surface area contributed by atoms with Gasteiger partial charge in [-0.1, -0.05) is 17.7 Å². The lowest BCUT2D eigenvalue weighted by atomic mass is 10.2. The maximum Gasteiger partial charge on any atom is 0.341 e. The summed E-state index contributed by atoms with van der Waals surface area (Å²) >= 11 is 0. The summed E-state index contributed by atoms with van der Waals surface area (Å²) in [5, 5.41) is 7.42. The second kappa shape index (κ2) is 6.75. The molecule has 7 heteroatoms. The van der Waals surface area contributed by atoms with Gasteiger partial charge in [0.05, 0.1) is 0 Å². The van der Waals surface area contributed by atoms with Crippen molar-refractivity contribution in [3.8, 4) is 0 Å². The van der Waals surface area contributed by atoms with Gasteiger partial charge in [0.1, 0.15) is 4.90 Å². The molecule has 0 saturated carbocycles. The molecule has 0 aliphatic heterocycles. The smallest absolute Gasteiger partial charge is 0.341 e. The van der Waals surface area contributed by atoms with Crippen molar-refractivity contribution in [2.45, 2.75) is 25.7 Å². The Hall–Kier alpha value is -1.89. The molecule has 1 rings (SSSR count). The van der Waals surface area contributed by atoms with Crippen LogP contribution in [0.5, 0.6) is 0 Å². The largest absolute Gasteiger partial charge is 0.481 e. The summed E-state index contributed by atoms with van der Waals surface area (Å²) in [4.78, 5) is 19.5. The second-order valence-corrected chi connectivity index (χ2v) is 4.91. The molecule has 6 nitrogen and oxygen atoms in total. The van der Waals surface area contributed by atoms with Gasteiger partial charge in [-0.3, -0.25) is 9.59 Å². The number of hydrogen-bond donors (Lipinski definition) is 1. The van der Waals surface area contributed by atoms with Crippen LogP contribution in [0.3, 0.4) is 0 Å². The fourth-order valence-corrected chi connectivity index (χ4v) is 1.78. The van der Waals surface area contributed by atoms with Crippen molar-refractivity contribution >= 4 is 22.1 Å². The summed E-state index contributed by atoms with van der Waals surface area (Å²) < 4.78 is 26.8. The summed E-state index contributed by atoms with van der Waals surface area (Å²) in [6, 6.07) is 6.06. The lowest BCUT2D eigenvalue weighted by molar-refractivity contribution is -0.134. The molecular formula is C11H14O6S. The zero-order chi connectivity index (χ0) is 14.3. The van der Waals surface area contributed by atoms with Crippen LogP contribution in [0, 0.1) is 6.92 Å². The lowest BCUT2D eigenvalue weighted by Gasteiger charge is -2.02. The van der Waals surface area contributed by atoms with Crippen LogP contribution in [0.1, 0.15) is 19.4 Å².